The summed E-state index contributed by atoms with van der Waals surface area (Å²) in [7, 11) is 2.57. The van der Waals surface area contributed by atoms with Crippen LogP contribution in [0.15, 0.2) is 42.5 Å². The molecule has 2 aliphatic rings. The van der Waals surface area contributed by atoms with Crippen LogP contribution in [0.25, 0.3) is 0 Å². The summed E-state index contributed by atoms with van der Waals surface area (Å²) in [5.41, 5.74) is 1.77. The van der Waals surface area contributed by atoms with Gasteiger partial charge >= 0.3 is 12.1 Å². The van der Waals surface area contributed by atoms with E-state index in [0.717, 1.165) is 37.5 Å². The van der Waals surface area contributed by atoms with Crippen LogP contribution in [0.2, 0.25) is 0 Å². The molecule has 0 unspecified atom stereocenters. The van der Waals surface area contributed by atoms with Gasteiger partial charge in [0.05, 0.1) is 38.6 Å². The number of esters is 1. The predicted molar refractivity (Wildman–Crippen MR) is 162 cm³/mol. The topological polar surface area (TPSA) is 101 Å². The largest absolute Gasteiger partial charge is 0.508 e. The molecule has 43 heavy (non-hydrogen) atoms. The van der Waals surface area contributed by atoms with Crippen molar-refractivity contribution in [3.05, 3.63) is 59.2 Å². The second-order valence-corrected chi connectivity index (χ2v) is 11.4. The van der Waals surface area contributed by atoms with E-state index < -0.39 is 12.1 Å². The lowest BCUT2D eigenvalue weighted by molar-refractivity contribution is 0.0105. The molecule has 2 aromatic rings. The van der Waals surface area contributed by atoms with Gasteiger partial charge in [-0.1, -0.05) is 44.2 Å². The molecular formula is C34H45NO8. The summed E-state index contributed by atoms with van der Waals surface area (Å²) in [6.07, 6.45) is 10.8. The normalized spacial score (nSPS) is 15.9. The highest BCUT2D eigenvalue weighted by Gasteiger charge is 2.28. The number of hydrogen-bond acceptors (Lipinski definition) is 8. The van der Waals surface area contributed by atoms with Crippen molar-refractivity contribution in [3.63, 3.8) is 0 Å². The number of piperidine rings is 1. The third-order valence-electron chi connectivity index (χ3n) is 8.33. The van der Waals surface area contributed by atoms with Crippen LogP contribution in [0.3, 0.4) is 0 Å². The molecule has 0 aromatic heterocycles. The second kappa shape index (κ2) is 16.8. The van der Waals surface area contributed by atoms with E-state index in [1.54, 1.807) is 17.0 Å². The molecular weight excluding hydrogens is 550 g/mol. The molecule has 2 aromatic carbocycles. The van der Waals surface area contributed by atoms with Crippen LogP contribution in [0.1, 0.15) is 90.5 Å². The number of ether oxygens (including phenoxy) is 5. The lowest BCUT2D eigenvalue weighted by Gasteiger charge is -2.31. The molecule has 9 heteroatoms. The fourth-order valence-corrected chi connectivity index (χ4v) is 5.85. The Bertz CT molecular complexity index is 1180. The molecule has 1 amide bonds. The molecule has 0 atom stereocenters. The zero-order valence-corrected chi connectivity index (χ0v) is 25.5. The number of nitrogens with zero attached hydrogens (tertiary/aromatic N) is 1. The zero-order valence-electron chi connectivity index (χ0n) is 25.5. The van der Waals surface area contributed by atoms with Crippen LogP contribution < -0.4 is 9.47 Å². The summed E-state index contributed by atoms with van der Waals surface area (Å²) in [5.74, 6) is 1.43. The smallest absolute Gasteiger partial charge is 0.494 e. The van der Waals surface area contributed by atoms with Gasteiger partial charge in [0.25, 0.3) is 5.91 Å². The predicted octanol–water partition coefficient (Wildman–Crippen LogP) is 6.61. The van der Waals surface area contributed by atoms with E-state index in [-0.39, 0.29) is 17.6 Å². The molecule has 2 fully saturated rings. The number of carbonyl (C=O) groups is 3. The summed E-state index contributed by atoms with van der Waals surface area (Å²) in [4.78, 5) is 38.8. The second-order valence-electron chi connectivity index (χ2n) is 11.4. The van der Waals surface area contributed by atoms with Gasteiger partial charge < -0.3 is 28.6 Å². The third-order valence-corrected chi connectivity index (χ3v) is 8.33. The van der Waals surface area contributed by atoms with Gasteiger partial charge in [-0.2, -0.15) is 0 Å². The molecule has 0 radical (unpaired) electrons. The van der Waals surface area contributed by atoms with Crippen molar-refractivity contribution in [2.75, 3.05) is 40.5 Å². The summed E-state index contributed by atoms with van der Waals surface area (Å²) in [6.45, 7) is 1.98. The number of carbonyl (C=O) groups excluding carboxylic acids is 3. The van der Waals surface area contributed by atoms with E-state index >= 15 is 0 Å². The number of likely N-dealkylation sites (tertiary alicyclic amines) is 1. The van der Waals surface area contributed by atoms with Crippen LogP contribution >= 0.6 is 0 Å². The monoisotopic (exact) mass is 595 g/mol. The van der Waals surface area contributed by atoms with Gasteiger partial charge in [0.1, 0.15) is 17.6 Å². The number of amides is 1. The Morgan fingerprint density at radius 1 is 0.814 bits per heavy atom. The summed E-state index contributed by atoms with van der Waals surface area (Å²) < 4.78 is 26.7. The quantitative estimate of drug-likeness (QED) is 0.188. The Hall–Kier alpha value is -3.75. The van der Waals surface area contributed by atoms with Crippen LogP contribution in [0.4, 0.5) is 4.79 Å². The molecule has 9 nitrogen and oxygen atoms in total. The van der Waals surface area contributed by atoms with Crippen molar-refractivity contribution < 1.29 is 38.1 Å². The van der Waals surface area contributed by atoms with Gasteiger partial charge in [-0.05, 0) is 67.5 Å². The minimum absolute atomic E-state index is 0.244. The lowest BCUT2D eigenvalue weighted by atomic mass is 9.86. The summed E-state index contributed by atoms with van der Waals surface area (Å²) in [6, 6.07) is 13.0. The molecule has 0 spiro atoms. The third kappa shape index (κ3) is 9.90. The van der Waals surface area contributed by atoms with Crippen molar-refractivity contribution in [2.45, 2.75) is 76.7 Å². The Morgan fingerprint density at radius 3 is 2.23 bits per heavy atom. The highest BCUT2D eigenvalue weighted by Crippen LogP contribution is 2.28. The maximum Gasteiger partial charge on any atom is 0.508 e. The first-order chi connectivity index (χ1) is 21.0. The number of aryl methyl sites for hydroxylation is 1. The molecule has 234 valence electrons. The minimum Gasteiger partial charge on any atom is -0.494 e. The van der Waals surface area contributed by atoms with Crippen LogP contribution in [0, 0.1) is 5.92 Å². The van der Waals surface area contributed by atoms with E-state index in [1.165, 1.54) is 64.4 Å². The molecule has 0 bridgehead atoms. The first-order valence-electron chi connectivity index (χ1n) is 15.6. The molecule has 1 heterocycles. The standard InChI is InChI=1S/C34H45NO8/c1-39-33(37)27-14-17-31(30(24-27)32(36)35-20-18-29(19-21-35)43-34(38)40-2)42-23-7-11-26-12-15-28(16-13-26)41-22-6-10-25-8-4-3-5-9-25/h12-17,24-25,29H,3-11,18-23H2,1-2H3. The fraction of sp³-hybridized carbons (Fsp3) is 0.559. The maximum atomic E-state index is 13.5. The molecule has 1 aliphatic carbocycles. The van der Waals surface area contributed by atoms with Gasteiger partial charge in [0.15, 0.2) is 0 Å². The van der Waals surface area contributed by atoms with E-state index in [0.29, 0.717) is 43.9 Å². The van der Waals surface area contributed by atoms with Crippen LogP contribution in [-0.4, -0.2) is 69.6 Å². The van der Waals surface area contributed by atoms with Gasteiger partial charge in [0.2, 0.25) is 0 Å². The molecule has 1 saturated carbocycles. The van der Waals surface area contributed by atoms with Gasteiger partial charge in [0, 0.05) is 25.9 Å². The van der Waals surface area contributed by atoms with Crippen molar-refractivity contribution in [2.24, 2.45) is 5.92 Å². The first kappa shape index (κ1) is 32.2. The minimum atomic E-state index is -0.726. The van der Waals surface area contributed by atoms with Gasteiger partial charge in [-0.25, -0.2) is 9.59 Å². The summed E-state index contributed by atoms with van der Waals surface area (Å²) in [5, 5.41) is 0. The van der Waals surface area contributed by atoms with E-state index in [2.05, 4.69) is 16.9 Å². The average molecular weight is 596 g/mol. The number of benzene rings is 2. The van der Waals surface area contributed by atoms with E-state index in [1.807, 2.05) is 12.1 Å². The van der Waals surface area contributed by atoms with Gasteiger partial charge in [-0.3, -0.25) is 4.79 Å². The molecule has 4 rings (SSSR count). The Kier molecular flexibility index (Phi) is 12.5. The van der Waals surface area contributed by atoms with E-state index in [4.69, 9.17) is 18.9 Å². The van der Waals surface area contributed by atoms with E-state index in [9.17, 15) is 14.4 Å². The first-order valence-corrected chi connectivity index (χ1v) is 15.6. The highest BCUT2D eigenvalue weighted by molar-refractivity contribution is 6.00. The van der Waals surface area contributed by atoms with Gasteiger partial charge in [-0.15, -0.1) is 0 Å². The Morgan fingerprint density at radius 2 is 1.53 bits per heavy atom. The SMILES string of the molecule is COC(=O)OC1CCN(C(=O)c2cc(C(=O)OC)ccc2OCCCc2ccc(OCCCC3CCCCC3)cc2)CC1. The van der Waals surface area contributed by atoms with Crippen molar-refractivity contribution in [3.8, 4) is 11.5 Å². The van der Waals surface area contributed by atoms with Crippen molar-refractivity contribution >= 4 is 18.0 Å². The summed E-state index contributed by atoms with van der Waals surface area (Å²) >= 11 is 0. The average Bonchev–Trinajstić information content (AvgIpc) is 3.05. The maximum absolute atomic E-state index is 13.5. The molecule has 1 aliphatic heterocycles. The zero-order chi connectivity index (χ0) is 30.4. The number of methoxy groups -OCH3 is 2. The van der Waals surface area contributed by atoms with Crippen molar-refractivity contribution in [1.29, 1.82) is 0 Å². The van der Waals surface area contributed by atoms with Crippen LogP contribution in [-0.2, 0) is 20.6 Å². The molecule has 0 N–H and O–H groups in total. The number of hydrogen-bond donors (Lipinski definition) is 0. The van der Waals surface area contributed by atoms with Crippen LogP contribution in [0.5, 0.6) is 11.5 Å². The highest BCUT2D eigenvalue weighted by atomic mass is 16.7. The Balaban J connectivity index is 1.25. The molecule has 1 saturated heterocycles. The lowest BCUT2D eigenvalue weighted by Crippen LogP contribution is -2.41. The van der Waals surface area contributed by atoms with Crippen molar-refractivity contribution in [1.82, 2.24) is 4.90 Å². The fourth-order valence-electron chi connectivity index (χ4n) is 5.85. The Labute approximate surface area is 254 Å². The number of rotatable bonds is 13.